The first-order valence-corrected chi connectivity index (χ1v) is 9.33. The molecule has 0 spiro atoms. The lowest BCUT2D eigenvalue weighted by Crippen LogP contribution is -2.32. The number of aromatic amines is 2. The van der Waals surface area contributed by atoms with E-state index >= 15 is 0 Å². The van der Waals surface area contributed by atoms with Crippen LogP contribution >= 0.6 is 0 Å². The number of hydrogen-bond acceptors (Lipinski definition) is 3. The largest absolute Gasteiger partial charge is 0.493 e. The lowest BCUT2D eigenvalue weighted by molar-refractivity contribution is -0.122. The topological polar surface area (TPSA) is 87.0 Å². The highest BCUT2D eigenvalue weighted by Gasteiger charge is 2.23. The van der Waals surface area contributed by atoms with Crippen LogP contribution in [-0.2, 0) is 11.2 Å². The van der Waals surface area contributed by atoms with E-state index < -0.39 is 0 Å². The molecule has 0 bridgehead atoms. The van der Waals surface area contributed by atoms with Gasteiger partial charge < -0.3 is 20.0 Å². The zero-order valence-corrected chi connectivity index (χ0v) is 15.3. The van der Waals surface area contributed by atoms with Gasteiger partial charge in [-0.3, -0.25) is 4.79 Å². The molecule has 1 aliphatic rings. The fourth-order valence-electron chi connectivity index (χ4n) is 3.69. The Balaban J connectivity index is 1.33. The predicted octanol–water partition coefficient (Wildman–Crippen LogP) is 3.13. The molecular weight excluding hydrogens is 342 g/mol. The first kappa shape index (κ1) is 17.4. The second kappa shape index (κ2) is 7.31. The third kappa shape index (κ3) is 3.74. The molecular formula is C21H23N3O3. The van der Waals surface area contributed by atoms with Crippen molar-refractivity contribution in [3.05, 3.63) is 63.6 Å². The Morgan fingerprint density at radius 1 is 1.22 bits per heavy atom. The number of fused-ring (bicyclic) bond motifs is 2. The number of benzene rings is 2. The van der Waals surface area contributed by atoms with E-state index in [1.807, 2.05) is 43.3 Å². The normalized spacial score (nSPS) is 16.0. The molecule has 0 unspecified atom stereocenters. The highest BCUT2D eigenvalue weighted by Crippen LogP contribution is 2.34. The molecule has 27 heavy (non-hydrogen) atoms. The van der Waals surface area contributed by atoms with Crippen molar-refractivity contribution in [3.8, 4) is 5.75 Å². The maximum Gasteiger partial charge on any atom is 0.323 e. The second-order valence-corrected chi connectivity index (χ2v) is 7.06. The average molecular weight is 365 g/mol. The van der Waals surface area contributed by atoms with Crippen LogP contribution in [0.15, 0.2) is 41.2 Å². The zero-order valence-electron chi connectivity index (χ0n) is 15.3. The third-order valence-corrected chi connectivity index (χ3v) is 5.06. The van der Waals surface area contributed by atoms with Gasteiger partial charge in [0.1, 0.15) is 5.75 Å². The number of ether oxygens (including phenoxy) is 1. The summed E-state index contributed by atoms with van der Waals surface area (Å²) >= 11 is 0. The molecule has 3 N–H and O–H groups in total. The van der Waals surface area contributed by atoms with Crippen LogP contribution in [0.25, 0.3) is 11.0 Å². The minimum Gasteiger partial charge on any atom is -0.493 e. The van der Waals surface area contributed by atoms with Crippen molar-refractivity contribution >= 4 is 16.9 Å². The summed E-state index contributed by atoms with van der Waals surface area (Å²) in [6.45, 7) is 2.65. The maximum absolute atomic E-state index is 12.4. The predicted molar refractivity (Wildman–Crippen MR) is 104 cm³/mol. The quantitative estimate of drug-likeness (QED) is 0.649. The monoisotopic (exact) mass is 365 g/mol. The number of hydrogen-bond donors (Lipinski definition) is 3. The first-order valence-electron chi connectivity index (χ1n) is 9.33. The number of H-pyrrole nitrogens is 2. The number of nitrogens with one attached hydrogen (secondary N) is 3. The number of carbonyl (C=O) groups excluding carboxylic acids is 1. The van der Waals surface area contributed by atoms with E-state index in [2.05, 4.69) is 15.3 Å². The number of aromatic nitrogens is 2. The molecule has 1 aliphatic heterocycles. The molecule has 0 radical (unpaired) electrons. The summed E-state index contributed by atoms with van der Waals surface area (Å²) in [7, 11) is 0. The van der Waals surface area contributed by atoms with Crippen molar-refractivity contribution in [3.63, 3.8) is 0 Å². The summed E-state index contributed by atoms with van der Waals surface area (Å²) in [5, 5.41) is 3.15. The molecule has 1 atom stereocenters. The van der Waals surface area contributed by atoms with Gasteiger partial charge in [0, 0.05) is 18.4 Å². The van der Waals surface area contributed by atoms with Crippen LogP contribution in [0.5, 0.6) is 5.75 Å². The summed E-state index contributed by atoms with van der Waals surface area (Å²) in [6, 6.07) is 11.9. The fourth-order valence-corrected chi connectivity index (χ4v) is 3.69. The van der Waals surface area contributed by atoms with Crippen molar-refractivity contribution in [1.29, 1.82) is 0 Å². The average Bonchev–Trinajstić information content (AvgIpc) is 3.02. The van der Waals surface area contributed by atoms with Crippen LogP contribution < -0.4 is 15.7 Å². The van der Waals surface area contributed by atoms with Gasteiger partial charge in [0.15, 0.2) is 0 Å². The van der Waals surface area contributed by atoms with Gasteiger partial charge in [-0.25, -0.2) is 4.79 Å². The number of amides is 1. The van der Waals surface area contributed by atoms with Crippen molar-refractivity contribution in [2.24, 2.45) is 0 Å². The molecule has 4 rings (SSSR count). The summed E-state index contributed by atoms with van der Waals surface area (Å²) < 4.78 is 5.76. The lowest BCUT2D eigenvalue weighted by Gasteiger charge is -2.27. The molecule has 0 saturated carbocycles. The fraction of sp³-hybridized carbons (Fsp3) is 0.333. The van der Waals surface area contributed by atoms with Gasteiger partial charge in [-0.15, -0.1) is 0 Å². The Bertz CT molecular complexity index is 1030. The maximum atomic E-state index is 12.4. The second-order valence-electron chi connectivity index (χ2n) is 7.06. The number of aryl methyl sites for hydroxylation is 2. The highest BCUT2D eigenvalue weighted by atomic mass is 16.5. The summed E-state index contributed by atoms with van der Waals surface area (Å²) in [5.74, 6) is 0.966. The molecule has 0 fully saturated rings. The van der Waals surface area contributed by atoms with Gasteiger partial charge in [0.25, 0.3) is 0 Å². The van der Waals surface area contributed by atoms with Gasteiger partial charge in [0.05, 0.1) is 23.7 Å². The molecule has 3 aromatic rings. The molecule has 0 aliphatic carbocycles. The molecule has 1 amide bonds. The molecule has 0 saturated heterocycles. The minimum absolute atomic E-state index is 0.0161. The van der Waals surface area contributed by atoms with Crippen LogP contribution in [0.1, 0.15) is 42.0 Å². The van der Waals surface area contributed by atoms with Crippen molar-refractivity contribution in [2.75, 3.05) is 6.61 Å². The number of rotatable bonds is 5. The van der Waals surface area contributed by atoms with Crippen LogP contribution in [0.3, 0.4) is 0 Å². The van der Waals surface area contributed by atoms with E-state index in [9.17, 15) is 9.59 Å². The Morgan fingerprint density at radius 3 is 2.96 bits per heavy atom. The van der Waals surface area contributed by atoms with Crippen LogP contribution in [0.2, 0.25) is 0 Å². The molecule has 140 valence electrons. The standard InChI is InChI=1S/C21H23N3O3/c1-13-4-2-6-15-16(10-11-27-20(13)15)22-19(25)7-3-5-14-8-9-17-18(12-14)24-21(26)23-17/h2,4,6,8-9,12,16H,3,5,7,10-11H2,1H3,(H,22,25)(H2,23,24,26)/t16-/m0/s1. The smallest absolute Gasteiger partial charge is 0.323 e. The van der Waals surface area contributed by atoms with Gasteiger partial charge in [-0.05, 0) is 43.0 Å². The van der Waals surface area contributed by atoms with Crippen LogP contribution in [-0.4, -0.2) is 22.5 Å². The minimum atomic E-state index is -0.200. The molecule has 6 heteroatoms. The molecule has 2 heterocycles. The van der Waals surface area contributed by atoms with E-state index in [4.69, 9.17) is 4.74 Å². The van der Waals surface area contributed by atoms with Crippen molar-refractivity contribution in [2.45, 2.75) is 38.6 Å². The van der Waals surface area contributed by atoms with E-state index in [-0.39, 0.29) is 17.6 Å². The summed E-state index contributed by atoms with van der Waals surface area (Å²) in [5.41, 5.74) is 4.68. The SMILES string of the molecule is Cc1cccc2c1OCC[C@@H]2NC(=O)CCCc1ccc2[nH]c(=O)[nH]c2c1. The first-order chi connectivity index (χ1) is 13.1. The Labute approximate surface area is 156 Å². The van der Waals surface area contributed by atoms with Gasteiger partial charge in [0.2, 0.25) is 5.91 Å². The Kier molecular flexibility index (Phi) is 4.71. The van der Waals surface area contributed by atoms with Crippen LogP contribution in [0, 0.1) is 6.92 Å². The third-order valence-electron chi connectivity index (χ3n) is 5.06. The zero-order chi connectivity index (χ0) is 18.8. The van der Waals surface area contributed by atoms with E-state index in [0.29, 0.717) is 13.0 Å². The Morgan fingerprint density at radius 2 is 2.07 bits per heavy atom. The summed E-state index contributed by atoms with van der Waals surface area (Å²) in [6.07, 6.45) is 2.82. The number of imidazole rings is 1. The van der Waals surface area contributed by atoms with Gasteiger partial charge in [-0.1, -0.05) is 24.3 Å². The molecule has 1 aromatic heterocycles. The van der Waals surface area contributed by atoms with Gasteiger partial charge >= 0.3 is 5.69 Å². The Hall–Kier alpha value is -3.02. The van der Waals surface area contributed by atoms with Crippen LogP contribution in [0.4, 0.5) is 0 Å². The lowest BCUT2D eigenvalue weighted by atomic mass is 9.97. The highest BCUT2D eigenvalue weighted by molar-refractivity contribution is 5.77. The van der Waals surface area contributed by atoms with E-state index in [0.717, 1.165) is 52.7 Å². The summed E-state index contributed by atoms with van der Waals surface area (Å²) in [4.78, 5) is 29.2. The molecule has 2 aromatic carbocycles. The van der Waals surface area contributed by atoms with Crippen molar-refractivity contribution < 1.29 is 9.53 Å². The molecule has 6 nitrogen and oxygen atoms in total. The number of carbonyl (C=O) groups is 1. The number of para-hydroxylation sites is 1. The van der Waals surface area contributed by atoms with Crippen molar-refractivity contribution in [1.82, 2.24) is 15.3 Å². The van der Waals surface area contributed by atoms with E-state index in [1.165, 1.54) is 0 Å². The van der Waals surface area contributed by atoms with Gasteiger partial charge in [-0.2, -0.15) is 0 Å². The van der Waals surface area contributed by atoms with E-state index in [1.54, 1.807) is 0 Å².